The van der Waals surface area contributed by atoms with Crippen LogP contribution in [0.3, 0.4) is 0 Å². The van der Waals surface area contributed by atoms with Crippen molar-refractivity contribution in [2.24, 2.45) is 0 Å². The van der Waals surface area contributed by atoms with Gasteiger partial charge in [-0.3, -0.25) is 19.3 Å². The Kier molecular flexibility index (Phi) is 6.21. The molecule has 2 heterocycles. The summed E-state index contributed by atoms with van der Waals surface area (Å²) in [6, 6.07) is 16.2. The summed E-state index contributed by atoms with van der Waals surface area (Å²) in [6.07, 6.45) is 1.50. The smallest absolute Gasteiger partial charge is 0.294 e. The molecule has 0 atom stereocenters. The fraction of sp³-hybridized carbons (Fsp3) is 0.125. The monoisotopic (exact) mass is 466 g/mol. The van der Waals surface area contributed by atoms with E-state index < -0.39 is 17.1 Å². The lowest BCUT2D eigenvalue weighted by atomic mass is 10.1. The molecule has 8 heteroatoms. The quantitative estimate of drug-likeness (QED) is 0.474. The van der Waals surface area contributed by atoms with Crippen LogP contribution >= 0.6 is 23.4 Å². The van der Waals surface area contributed by atoms with Crippen LogP contribution in [-0.2, 0) is 9.59 Å². The molecular weight excluding hydrogens is 448 g/mol. The first-order valence-electron chi connectivity index (χ1n) is 9.78. The molecule has 1 fully saturated rings. The molecule has 0 radical (unpaired) electrons. The van der Waals surface area contributed by atoms with Crippen molar-refractivity contribution in [1.29, 1.82) is 0 Å². The topological polar surface area (TPSA) is 79.6 Å². The van der Waals surface area contributed by atoms with Gasteiger partial charge in [0.1, 0.15) is 18.1 Å². The second-order valence-corrected chi connectivity index (χ2v) is 8.76. The number of anilines is 1. The second-order valence-electron chi connectivity index (χ2n) is 7.33. The van der Waals surface area contributed by atoms with Gasteiger partial charge in [0.2, 0.25) is 5.91 Å². The number of aryl methyl sites for hydroxylation is 2. The highest BCUT2D eigenvalue weighted by atomic mass is 35.5. The molecule has 3 aromatic rings. The van der Waals surface area contributed by atoms with Crippen LogP contribution in [0.15, 0.2) is 63.9 Å². The first kappa shape index (κ1) is 21.9. The molecular formula is C24H19ClN2O4S. The largest absolute Gasteiger partial charge is 0.457 e. The molecule has 0 aliphatic carbocycles. The average Bonchev–Trinajstić information content (AvgIpc) is 3.31. The summed E-state index contributed by atoms with van der Waals surface area (Å²) in [4.78, 5) is 38.6. The van der Waals surface area contributed by atoms with Crippen molar-refractivity contribution in [2.45, 2.75) is 13.8 Å². The molecule has 1 aliphatic rings. The zero-order valence-electron chi connectivity index (χ0n) is 17.3. The number of imide groups is 1. The molecule has 6 nitrogen and oxygen atoms in total. The van der Waals surface area contributed by atoms with E-state index in [0.29, 0.717) is 22.2 Å². The first-order chi connectivity index (χ1) is 15.3. The lowest BCUT2D eigenvalue weighted by Gasteiger charge is -2.13. The molecule has 0 bridgehead atoms. The van der Waals surface area contributed by atoms with Crippen LogP contribution in [0.2, 0.25) is 5.02 Å². The van der Waals surface area contributed by atoms with Gasteiger partial charge in [-0.2, -0.15) is 0 Å². The number of benzene rings is 2. The number of nitrogens with zero attached hydrogens (tertiary/aromatic N) is 1. The molecule has 1 N–H and O–H groups in total. The van der Waals surface area contributed by atoms with E-state index in [2.05, 4.69) is 5.32 Å². The average molecular weight is 467 g/mol. The van der Waals surface area contributed by atoms with Crippen molar-refractivity contribution < 1.29 is 18.8 Å². The Bertz CT molecular complexity index is 1260. The molecule has 0 unspecified atom stereocenters. The van der Waals surface area contributed by atoms with Gasteiger partial charge in [0, 0.05) is 22.3 Å². The van der Waals surface area contributed by atoms with E-state index in [4.69, 9.17) is 16.0 Å². The maximum Gasteiger partial charge on any atom is 0.294 e. The third-order valence-corrected chi connectivity index (χ3v) is 6.12. The zero-order chi connectivity index (χ0) is 22.8. The van der Waals surface area contributed by atoms with Crippen LogP contribution in [-0.4, -0.2) is 28.5 Å². The Hall–Kier alpha value is -3.29. The minimum Gasteiger partial charge on any atom is -0.457 e. The van der Waals surface area contributed by atoms with E-state index >= 15 is 0 Å². The van der Waals surface area contributed by atoms with Gasteiger partial charge in [-0.15, -0.1) is 0 Å². The first-order valence-corrected chi connectivity index (χ1v) is 11.0. The van der Waals surface area contributed by atoms with Crippen LogP contribution in [0.1, 0.15) is 16.9 Å². The van der Waals surface area contributed by atoms with Gasteiger partial charge in [-0.25, -0.2) is 0 Å². The summed E-state index contributed by atoms with van der Waals surface area (Å²) in [5.41, 5.74) is 3.56. The highest BCUT2D eigenvalue weighted by Crippen LogP contribution is 2.33. The summed E-state index contributed by atoms with van der Waals surface area (Å²) < 4.78 is 5.78. The number of rotatable bonds is 5. The van der Waals surface area contributed by atoms with Crippen LogP contribution in [0.5, 0.6) is 0 Å². The lowest BCUT2D eigenvalue weighted by Crippen LogP contribution is -2.36. The molecule has 2 aromatic carbocycles. The summed E-state index contributed by atoms with van der Waals surface area (Å²) in [7, 11) is 0. The Morgan fingerprint density at radius 3 is 2.66 bits per heavy atom. The van der Waals surface area contributed by atoms with E-state index in [9.17, 15) is 14.4 Å². The SMILES string of the molecule is Cc1ccc(NC(=O)CN2C(=O)S/C(=C/c3ccc(-c4cccc(Cl)c4)o3)C2=O)cc1C. The summed E-state index contributed by atoms with van der Waals surface area (Å²) >= 11 is 6.79. The number of nitrogens with one attached hydrogen (secondary N) is 1. The Morgan fingerprint density at radius 2 is 1.91 bits per heavy atom. The number of hydrogen-bond donors (Lipinski definition) is 1. The number of carbonyl (C=O) groups is 3. The van der Waals surface area contributed by atoms with E-state index in [1.165, 1.54) is 6.08 Å². The Balaban J connectivity index is 1.45. The van der Waals surface area contributed by atoms with Crippen LogP contribution in [0.4, 0.5) is 10.5 Å². The molecule has 3 amide bonds. The molecule has 0 spiro atoms. The normalized spacial score (nSPS) is 15.0. The Labute approximate surface area is 194 Å². The van der Waals surface area contributed by atoms with Gasteiger partial charge in [0.25, 0.3) is 11.1 Å². The maximum absolute atomic E-state index is 12.7. The highest BCUT2D eigenvalue weighted by Gasteiger charge is 2.36. The molecule has 32 heavy (non-hydrogen) atoms. The van der Waals surface area contributed by atoms with Gasteiger partial charge in [-0.05, 0) is 73.1 Å². The van der Waals surface area contributed by atoms with Gasteiger partial charge in [0.05, 0.1) is 4.91 Å². The Morgan fingerprint density at radius 1 is 1.09 bits per heavy atom. The number of thioether (sulfide) groups is 1. The van der Waals surface area contributed by atoms with E-state index in [-0.39, 0.29) is 11.4 Å². The van der Waals surface area contributed by atoms with Crippen molar-refractivity contribution in [2.75, 3.05) is 11.9 Å². The van der Waals surface area contributed by atoms with Gasteiger partial charge in [0.15, 0.2) is 0 Å². The molecule has 162 valence electrons. The van der Waals surface area contributed by atoms with Crippen molar-refractivity contribution in [3.63, 3.8) is 0 Å². The van der Waals surface area contributed by atoms with E-state index in [1.807, 2.05) is 38.1 Å². The number of hydrogen-bond acceptors (Lipinski definition) is 5. The number of amides is 3. The zero-order valence-corrected chi connectivity index (χ0v) is 18.9. The van der Waals surface area contributed by atoms with Crippen molar-refractivity contribution >= 4 is 52.2 Å². The van der Waals surface area contributed by atoms with Crippen molar-refractivity contribution in [3.05, 3.63) is 81.4 Å². The molecule has 1 aliphatic heterocycles. The standard InChI is InChI=1S/C24H19ClN2O4S/c1-14-6-7-18(10-15(14)2)26-22(28)13-27-23(29)21(32-24(27)30)12-19-8-9-20(31-19)16-4-3-5-17(25)11-16/h3-12H,13H2,1-2H3,(H,26,28)/b21-12+. The van der Waals surface area contributed by atoms with Crippen LogP contribution in [0.25, 0.3) is 17.4 Å². The van der Waals surface area contributed by atoms with Gasteiger partial charge < -0.3 is 9.73 Å². The van der Waals surface area contributed by atoms with Crippen LogP contribution in [0, 0.1) is 13.8 Å². The fourth-order valence-electron chi connectivity index (χ4n) is 3.16. The molecule has 0 saturated carbocycles. The van der Waals surface area contributed by atoms with Gasteiger partial charge in [-0.1, -0.05) is 29.8 Å². The predicted molar refractivity (Wildman–Crippen MR) is 126 cm³/mol. The van der Waals surface area contributed by atoms with E-state index in [0.717, 1.165) is 33.4 Å². The minimum atomic E-state index is -0.532. The highest BCUT2D eigenvalue weighted by molar-refractivity contribution is 8.18. The van der Waals surface area contributed by atoms with Crippen molar-refractivity contribution in [1.82, 2.24) is 4.90 Å². The van der Waals surface area contributed by atoms with Gasteiger partial charge >= 0.3 is 0 Å². The maximum atomic E-state index is 12.7. The fourth-order valence-corrected chi connectivity index (χ4v) is 4.16. The predicted octanol–water partition coefficient (Wildman–Crippen LogP) is 5.89. The van der Waals surface area contributed by atoms with Crippen molar-refractivity contribution in [3.8, 4) is 11.3 Å². The second kappa shape index (κ2) is 9.06. The third kappa shape index (κ3) is 4.79. The molecule has 4 rings (SSSR count). The number of furan rings is 1. The lowest BCUT2D eigenvalue weighted by molar-refractivity contribution is -0.127. The summed E-state index contributed by atoms with van der Waals surface area (Å²) in [6.45, 7) is 3.56. The molecule has 1 saturated heterocycles. The minimum absolute atomic E-state index is 0.195. The summed E-state index contributed by atoms with van der Waals surface area (Å²) in [5, 5.41) is 2.81. The summed E-state index contributed by atoms with van der Waals surface area (Å²) in [5.74, 6) is 0.0322. The van der Waals surface area contributed by atoms with Crippen LogP contribution < -0.4 is 5.32 Å². The van der Waals surface area contributed by atoms with E-state index in [1.54, 1.807) is 30.3 Å². The number of halogens is 1. The number of carbonyl (C=O) groups excluding carboxylic acids is 3. The molecule has 1 aromatic heterocycles. The third-order valence-electron chi connectivity index (χ3n) is 4.98.